The van der Waals surface area contributed by atoms with Crippen molar-refractivity contribution in [3.63, 3.8) is 0 Å². The number of amides is 1. The molecule has 0 saturated carbocycles. The highest BCUT2D eigenvalue weighted by molar-refractivity contribution is 6.34. The van der Waals surface area contributed by atoms with Crippen LogP contribution < -0.4 is 5.32 Å². The normalized spacial score (nSPS) is 10.6. The summed E-state index contributed by atoms with van der Waals surface area (Å²) in [6.45, 7) is 3.63. The molecule has 118 valence electrons. The first-order chi connectivity index (χ1) is 10.4. The van der Waals surface area contributed by atoms with Crippen LogP contribution in [0.15, 0.2) is 6.20 Å². The predicted molar refractivity (Wildman–Crippen MR) is 80.1 cm³/mol. The molecule has 0 bridgehead atoms. The smallest absolute Gasteiger partial charge is 0.343 e. The van der Waals surface area contributed by atoms with E-state index in [0.29, 0.717) is 5.69 Å². The zero-order valence-electron chi connectivity index (χ0n) is 12.7. The van der Waals surface area contributed by atoms with Crippen LogP contribution in [0.25, 0.3) is 0 Å². The standard InChI is InChI=1S/C13H16ClN5O3/c1-5-22-13(21)8-6-15-19(4)11(8)16-12(20)10-9(14)7(2)17-18(10)3/h6H,5H2,1-4H3,(H,16,20). The Morgan fingerprint density at radius 1 is 1.36 bits per heavy atom. The van der Waals surface area contributed by atoms with Crippen molar-refractivity contribution in [2.75, 3.05) is 11.9 Å². The molecule has 0 unspecified atom stereocenters. The predicted octanol–water partition coefficient (Wildman–Crippen LogP) is 1.54. The van der Waals surface area contributed by atoms with E-state index in [-0.39, 0.29) is 28.7 Å². The lowest BCUT2D eigenvalue weighted by Crippen LogP contribution is -2.20. The monoisotopic (exact) mass is 325 g/mol. The summed E-state index contributed by atoms with van der Waals surface area (Å²) in [5.74, 6) is -0.807. The largest absolute Gasteiger partial charge is 0.462 e. The molecule has 1 amide bonds. The molecule has 22 heavy (non-hydrogen) atoms. The van der Waals surface area contributed by atoms with Crippen molar-refractivity contribution in [2.45, 2.75) is 13.8 Å². The van der Waals surface area contributed by atoms with Gasteiger partial charge >= 0.3 is 5.97 Å². The quantitative estimate of drug-likeness (QED) is 0.861. The third-order valence-electron chi connectivity index (χ3n) is 3.03. The number of ether oxygens (including phenoxy) is 1. The molecule has 8 nitrogen and oxygen atoms in total. The molecule has 9 heteroatoms. The number of esters is 1. The molecule has 2 rings (SSSR count). The van der Waals surface area contributed by atoms with Crippen molar-refractivity contribution in [1.29, 1.82) is 0 Å². The number of aromatic nitrogens is 4. The van der Waals surface area contributed by atoms with E-state index in [1.165, 1.54) is 15.6 Å². The summed E-state index contributed by atoms with van der Waals surface area (Å²) in [6, 6.07) is 0. The van der Waals surface area contributed by atoms with E-state index in [1.54, 1.807) is 27.9 Å². The number of anilines is 1. The second-order valence-corrected chi connectivity index (χ2v) is 4.95. The number of hydrogen-bond donors (Lipinski definition) is 1. The fraction of sp³-hybridized carbons (Fsp3) is 0.385. The van der Waals surface area contributed by atoms with Gasteiger partial charge in [0.1, 0.15) is 17.1 Å². The van der Waals surface area contributed by atoms with E-state index in [0.717, 1.165) is 0 Å². The van der Waals surface area contributed by atoms with Crippen LogP contribution in [0.2, 0.25) is 5.02 Å². The minimum absolute atomic E-state index is 0.174. The first kappa shape index (κ1) is 16.0. The molecular formula is C13H16ClN5O3. The number of carbonyl (C=O) groups is 2. The van der Waals surface area contributed by atoms with Gasteiger partial charge in [-0.3, -0.25) is 14.2 Å². The molecule has 2 aromatic rings. The molecule has 0 atom stereocenters. The number of rotatable bonds is 4. The van der Waals surface area contributed by atoms with E-state index < -0.39 is 11.9 Å². The van der Waals surface area contributed by atoms with Crippen molar-refractivity contribution in [3.8, 4) is 0 Å². The van der Waals surface area contributed by atoms with Gasteiger partial charge < -0.3 is 10.1 Å². The maximum Gasteiger partial charge on any atom is 0.343 e. The SMILES string of the molecule is CCOC(=O)c1cnn(C)c1NC(=O)c1c(Cl)c(C)nn1C. The van der Waals surface area contributed by atoms with Crippen molar-refractivity contribution in [3.05, 3.63) is 28.2 Å². The van der Waals surface area contributed by atoms with Gasteiger partial charge in [0.05, 0.1) is 23.5 Å². The van der Waals surface area contributed by atoms with Gasteiger partial charge in [-0.15, -0.1) is 0 Å². The number of aryl methyl sites for hydroxylation is 3. The van der Waals surface area contributed by atoms with E-state index in [9.17, 15) is 9.59 Å². The molecule has 0 radical (unpaired) electrons. The van der Waals surface area contributed by atoms with Gasteiger partial charge in [0, 0.05) is 14.1 Å². The third kappa shape index (κ3) is 2.82. The Labute approximate surface area is 132 Å². The topological polar surface area (TPSA) is 91.0 Å². The fourth-order valence-corrected chi connectivity index (χ4v) is 2.24. The van der Waals surface area contributed by atoms with Crippen LogP contribution in [0, 0.1) is 6.92 Å². The minimum Gasteiger partial charge on any atom is -0.462 e. The van der Waals surface area contributed by atoms with Crippen LogP contribution in [-0.2, 0) is 18.8 Å². The molecule has 0 spiro atoms. The van der Waals surface area contributed by atoms with E-state index >= 15 is 0 Å². The van der Waals surface area contributed by atoms with Gasteiger partial charge in [-0.1, -0.05) is 11.6 Å². The third-order valence-corrected chi connectivity index (χ3v) is 3.48. The second-order valence-electron chi connectivity index (χ2n) is 4.58. The molecule has 0 saturated heterocycles. The molecule has 2 heterocycles. The number of nitrogens with zero attached hydrogens (tertiary/aromatic N) is 4. The Bertz CT molecular complexity index is 734. The van der Waals surface area contributed by atoms with Gasteiger partial charge in [-0.25, -0.2) is 4.79 Å². The summed E-state index contributed by atoms with van der Waals surface area (Å²) >= 11 is 6.08. The Morgan fingerprint density at radius 2 is 2.05 bits per heavy atom. The fourth-order valence-electron chi connectivity index (χ4n) is 1.99. The van der Waals surface area contributed by atoms with Crippen LogP contribution in [-0.4, -0.2) is 38.0 Å². The van der Waals surface area contributed by atoms with Crippen LogP contribution in [0.5, 0.6) is 0 Å². The molecule has 0 aromatic carbocycles. The van der Waals surface area contributed by atoms with E-state index in [1.807, 2.05) is 0 Å². The lowest BCUT2D eigenvalue weighted by Gasteiger charge is -2.08. The average Bonchev–Trinajstić information content (AvgIpc) is 2.92. The van der Waals surface area contributed by atoms with Crippen LogP contribution in [0.1, 0.15) is 33.5 Å². The van der Waals surface area contributed by atoms with E-state index in [2.05, 4.69) is 15.5 Å². The van der Waals surface area contributed by atoms with E-state index in [4.69, 9.17) is 16.3 Å². The maximum absolute atomic E-state index is 12.4. The summed E-state index contributed by atoms with van der Waals surface area (Å²) in [6.07, 6.45) is 1.34. The zero-order chi connectivity index (χ0) is 16.4. The molecule has 0 aliphatic heterocycles. The van der Waals surface area contributed by atoms with Crippen LogP contribution in [0.3, 0.4) is 0 Å². The average molecular weight is 326 g/mol. The summed E-state index contributed by atoms with van der Waals surface area (Å²) in [4.78, 5) is 24.3. The zero-order valence-corrected chi connectivity index (χ0v) is 13.4. The Balaban J connectivity index is 2.33. The highest BCUT2D eigenvalue weighted by Gasteiger charge is 2.23. The summed E-state index contributed by atoms with van der Waals surface area (Å²) < 4.78 is 7.69. The van der Waals surface area contributed by atoms with Gasteiger partial charge in [-0.05, 0) is 13.8 Å². The summed E-state index contributed by atoms with van der Waals surface area (Å²) in [5.41, 5.74) is 0.924. The van der Waals surface area contributed by atoms with Crippen molar-refractivity contribution in [1.82, 2.24) is 19.6 Å². The Hall–Kier alpha value is -2.35. The highest BCUT2D eigenvalue weighted by Crippen LogP contribution is 2.22. The van der Waals surface area contributed by atoms with Crippen molar-refractivity contribution in [2.24, 2.45) is 14.1 Å². The van der Waals surface area contributed by atoms with Gasteiger partial charge in [-0.2, -0.15) is 10.2 Å². The second kappa shape index (κ2) is 6.18. The van der Waals surface area contributed by atoms with Gasteiger partial charge in [0.15, 0.2) is 0 Å². The number of carbonyl (C=O) groups excluding carboxylic acids is 2. The Kier molecular flexibility index (Phi) is 4.51. The molecular weight excluding hydrogens is 310 g/mol. The van der Waals surface area contributed by atoms with Crippen LogP contribution in [0.4, 0.5) is 5.82 Å². The number of halogens is 1. The van der Waals surface area contributed by atoms with Crippen LogP contribution >= 0.6 is 11.6 Å². The molecule has 0 fully saturated rings. The lowest BCUT2D eigenvalue weighted by atomic mass is 10.3. The summed E-state index contributed by atoms with van der Waals surface area (Å²) in [7, 11) is 3.22. The van der Waals surface area contributed by atoms with Gasteiger partial charge in [0.2, 0.25) is 0 Å². The minimum atomic E-state index is -0.557. The molecule has 2 aromatic heterocycles. The number of nitrogens with one attached hydrogen (secondary N) is 1. The maximum atomic E-state index is 12.4. The lowest BCUT2D eigenvalue weighted by molar-refractivity contribution is 0.0527. The molecule has 1 N–H and O–H groups in total. The first-order valence-corrected chi connectivity index (χ1v) is 6.94. The Morgan fingerprint density at radius 3 is 2.59 bits per heavy atom. The first-order valence-electron chi connectivity index (χ1n) is 6.56. The van der Waals surface area contributed by atoms with Crippen molar-refractivity contribution < 1.29 is 14.3 Å². The molecule has 0 aliphatic rings. The number of hydrogen-bond acceptors (Lipinski definition) is 5. The van der Waals surface area contributed by atoms with Gasteiger partial charge in [0.25, 0.3) is 5.91 Å². The molecule has 0 aliphatic carbocycles. The van der Waals surface area contributed by atoms with Crippen molar-refractivity contribution >= 4 is 29.3 Å². The highest BCUT2D eigenvalue weighted by atomic mass is 35.5. The summed E-state index contributed by atoms with van der Waals surface area (Å²) in [5, 5.41) is 10.9.